The van der Waals surface area contributed by atoms with Gasteiger partial charge in [0.15, 0.2) is 0 Å². The van der Waals surface area contributed by atoms with Crippen molar-refractivity contribution in [2.45, 2.75) is 32.1 Å². The summed E-state index contributed by atoms with van der Waals surface area (Å²) in [6.45, 7) is 3.39. The van der Waals surface area contributed by atoms with Crippen LogP contribution in [0.4, 0.5) is 0 Å². The molecule has 1 aliphatic rings. The van der Waals surface area contributed by atoms with E-state index in [-0.39, 0.29) is 0 Å². The number of hydrogen-bond acceptors (Lipinski definition) is 2. The topological polar surface area (TPSA) is 18.5 Å². The van der Waals surface area contributed by atoms with E-state index in [9.17, 15) is 0 Å². The molecule has 34 heavy (non-hydrogen) atoms. The molecule has 0 aliphatic heterocycles. The Labute approximate surface area is 202 Å². The van der Waals surface area contributed by atoms with E-state index in [4.69, 9.17) is 9.47 Å². The molecule has 4 aromatic rings. The SMILES string of the molecule is CCC1=Cc2ccccc2C1c1cc(CCc2ccccc2)c2cccc(OCCOC)c2c1. The van der Waals surface area contributed by atoms with Crippen molar-refractivity contribution in [2.24, 2.45) is 0 Å². The molecule has 0 fully saturated rings. The van der Waals surface area contributed by atoms with Crippen molar-refractivity contribution in [2.75, 3.05) is 20.3 Å². The van der Waals surface area contributed by atoms with E-state index in [1.165, 1.54) is 44.2 Å². The maximum Gasteiger partial charge on any atom is 0.127 e. The second kappa shape index (κ2) is 10.3. The monoisotopic (exact) mass is 448 g/mol. The predicted molar refractivity (Wildman–Crippen MR) is 142 cm³/mol. The first kappa shape index (κ1) is 22.4. The largest absolute Gasteiger partial charge is 0.491 e. The van der Waals surface area contributed by atoms with Gasteiger partial charge < -0.3 is 9.47 Å². The van der Waals surface area contributed by atoms with Gasteiger partial charge in [-0.2, -0.15) is 0 Å². The van der Waals surface area contributed by atoms with E-state index in [0.29, 0.717) is 19.1 Å². The Hall–Kier alpha value is -3.36. The summed E-state index contributed by atoms with van der Waals surface area (Å²) in [5.41, 5.74) is 8.34. The fourth-order valence-corrected chi connectivity index (χ4v) is 5.21. The van der Waals surface area contributed by atoms with Gasteiger partial charge in [-0.15, -0.1) is 0 Å². The number of benzene rings is 4. The van der Waals surface area contributed by atoms with Gasteiger partial charge in [-0.05, 0) is 64.6 Å². The number of hydrogen-bond donors (Lipinski definition) is 0. The van der Waals surface area contributed by atoms with Crippen LogP contribution in [0.25, 0.3) is 16.8 Å². The van der Waals surface area contributed by atoms with Crippen LogP contribution < -0.4 is 4.74 Å². The van der Waals surface area contributed by atoms with E-state index >= 15 is 0 Å². The van der Waals surface area contributed by atoms with Crippen LogP contribution in [-0.2, 0) is 17.6 Å². The summed E-state index contributed by atoms with van der Waals surface area (Å²) in [4.78, 5) is 0. The molecule has 1 aliphatic carbocycles. The van der Waals surface area contributed by atoms with Gasteiger partial charge in [-0.3, -0.25) is 0 Å². The van der Waals surface area contributed by atoms with Crippen LogP contribution in [0.15, 0.2) is 90.5 Å². The van der Waals surface area contributed by atoms with Gasteiger partial charge in [-0.25, -0.2) is 0 Å². The number of methoxy groups -OCH3 is 1. The standard InChI is InChI=1S/C32H32O2/c1-3-24-20-25-12-7-8-13-29(25)32(24)27-21-26(17-16-23-10-5-4-6-11-23)28-14-9-15-31(30(28)22-27)34-19-18-33-2/h4-15,20-22,32H,3,16-19H2,1-2H3. The van der Waals surface area contributed by atoms with Crippen molar-refractivity contribution < 1.29 is 9.47 Å². The van der Waals surface area contributed by atoms with Gasteiger partial charge in [0, 0.05) is 18.4 Å². The smallest absolute Gasteiger partial charge is 0.127 e. The lowest BCUT2D eigenvalue weighted by Crippen LogP contribution is -2.06. The summed E-state index contributed by atoms with van der Waals surface area (Å²) >= 11 is 0. The van der Waals surface area contributed by atoms with E-state index in [1.807, 2.05) is 0 Å². The van der Waals surface area contributed by atoms with Crippen LogP contribution >= 0.6 is 0 Å². The maximum atomic E-state index is 6.18. The van der Waals surface area contributed by atoms with Crippen LogP contribution in [0.2, 0.25) is 0 Å². The first-order valence-corrected chi connectivity index (χ1v) is 12.3. The van der Waals surface area contributed by atoms with Crippen LogP contribution in [0.3, 0.4) is 0 Å². The molecular formula is C32H32O2. The third kappa shape index (κ3) is 4.51. The highest BCUT2D eigenvalue weighted by Gasteiger charge is 2.26. The normalized spacial score (nSPS) is 14.8. The van der Waals surface area contributed by atoms with Crippen molar-refractivity contribution in [1.82, 2.24) is 0 Å². The highest BCUT2D eigenvalue weighted by Crippen LogP contribution is 2.44. The molecule has 172 valence electrons. The first-order chi connectivity index (χ1) is 16.8. The average Bonchev–Trinajstić information content (AvgIpc) is 3.27. The van der Waals surface area contributed by atoms with Crippen molar-refractivity contribution >= 4 is 16.8 Å². The van der Waals surface area contributed by atoms with E-state index in [0.717, 1.165) is 25.0 Å². The van der Waals surface area contributed by atoms with E-state index in [1.54, 1.807) is 7.11 Å². The van der Waals surface area contributed by atoms with Gasteiger partial charge in [0.25, 0.3) is 0 Å². The van der Waals surface area contributed by atoms with Crippen molar-refractivity contribution in [1.29, 1.82) is 0 Å². The number of ether oxygens (including phenoxy) is 2. The van der Waals surface area contributed by atoms with Crippen LogP contribution in [0.1, 0.15) is 47.1 Å². The molecule has 4 aromatic carbocycles. The number of rotatable bonds is 9. The Morgan fingerprint density at radius 1 is 0.765 bits per heavy atom. The molecule has 0 saturated heterocycles. The molecule has 0 aromatic heterocycles. The highest BCUT2D eigenvalue weighted by molar-refractivity contribution is 5.92. The molecule has 0 amide bonds. The Morgan fingerprint density at radius 2 is 1.59 bits per heavy atom. The molecule has 0 spiro atoms. The van der Waals surface area contributed by atoms with Crippen LogP contribution in [0, 0.1) is 0 Å². The maximum absolute atomic E-state index is 6.18. The molecule has 0 bridgehead atoms. The lowest BCUT2D eigenvalue weighted by atomic mass is 9.84. The van der Waals surface area contributed by atoms with Gasteiger partial charge in [-0.1, -0.05) is 91.4 Å². The molecule has 0 N–H and O–H groups in total. The Morgan fingerprint density at radius 3 is 2.41 bits per heavy atom. The van der Waals surface area contributed by atoms with E-state index in [2.05, 4.69) is 97.9 Å². The summed E-state index contributed by atoms with van der Waals surface area (Å²) in [5, 5.41) is 2.47. The van der Waals surface area contributed by atoms with Crippen molar-refractivity contribution in [3.8, 4) is 5.75 Å². The minimum atomic E-state index is 0.299. The third-order valence-corrected chi connectivity index (χ3v) is 6.90. The fraction of sp³-hybridized carbons (Fsp3) is 0.250. The Bertz CT molecular complexity index is 1300. The molecular weight excluding hydrogens is 416 g/mol. The van der Waals surface area contributed by atoms with Crippen molar-refractivity contribution in [3.05, 3.63) is 118 Å². The summed E-state index contributed by atoms with van der Waals surface area (Å²) in [7, 11) is 1.71. The number of aryl methyl sites for hydroxylation is 2. The number of fused-ring (bicyclic) bond motifs is 2. The quantitative estimate of drug-likeness (QED) is 0.246. The third-order valence-electron chi connectivity index (χ3n) is 6.90. The van der Waals surface area contributed by atoms with Crippen LogP contribution in [0.5, 0.6) is 5.75 Å². The Balaban J connectivity index is 1.61. The molecule has 0 saturated carbocycles. The summed E-state index contributed by atoms with van der Waals surface area (Å²) in [6.07, 6.45) is 5.44. The molecule has 2 nitrogen and oxygen atoms in total. The van der Waals surface area contributed by atoms with Gasteiger partial charge in [0.1, 0.15) is 12.4 Å². The molecule has 0 heterocycles. The fourth-order valence-electron chi connectivity index (χ4n) is 5.21. The summed E-state index contributed by atoms with van der Waals surface area (Å²) < 4.78 is 11.4. The minimum Gasteiger partial charge on any atom is -0.491 e. The zero-order chi connectivity index (χ0) is 23.3. The lowest BCUT2D eigenvalue weighted by Gasteiger charge is -2.21. The molecule has 1 unspecified atom stereocenters. The number of allylic oxidation sites excluding steroid dienone is 1. The van der Waals surface area contributed by atoms with Gasteiger partial charge in [0.2, 0.25) is 0 Å². The molecule has 2 heteroatoms. The molecule has 5 rings (SSSR count). The Kier molecular flexibility index (Phi) is 6.78. The zero-order valence-corrected chi connectivity index (χ0v) is 20.1. The molecule has 1 atom stereocenters. The first-order valence-electron chi connectivity index (χ1n) is 12.3. The van der Waals surface area contributed by atoms with E-state index < -0.39 is 0 Å². The van der Waals surface area contributed by atoms with Crippen molar-refractivity contribution in [3.63, 3.8) is 0 Å². The second-order valence-corrected chi connectivity index (χ2v) is 8.99. The zero-order valence-electron chi connectivity index (χ0n) is 20.1. The van der Waals surface area contributed by atoms with Crippen LogP contribution in [-0.4, -0.2) is 20.3 Å². The minimum absolute atomic E-state index is 0.299. The summed E-state index contributed by atoms with van der Waals surface area (Å²) in [6, 6.07) is 30.8. The second-order valence-electron chi connectivity index (χ2n) is 8.99. The highest BCUT2D eigenvalue weighted by atomic mass is 16.5. The lowest BCUT2D eigenvalue weighted by molar-refractivity contribution is 0.147. The average molecular weight is 449 g/mol. The van der Waals surface area contributed by atoms with Gasteiger partial charge >= 0.3 is 0 Å². The molecule has 0 radical (unpaired) electrons. The summed E-state index contributed by atoms with van der Waals surface area (Å²) in [5.74, 6) is 1.23. The predicted octanol–water partition coefficient (Wildman–Crippen LogP) is 7.59. The van der Waals surface area contributed by atoms with Gasteiger partial charge in [0.05, 0.1) is 6.61 Å².